The summed E-state index contributed by atoms with van der Waals surface area (Å²) in [5.74, 6) is 0.754. The van der Waals surface area contributed by atoms with E-state index < -0.39 is 0 Å². The highest BCUT2D eigenvalue weighted by Gasteiger charge is 2.35. The molecule has 2 aromatic carbocycles. The number of nitrogens with one attached hydrogen (secondary N) is 2. The molecule has 2 N–H and O–H groups in total. The minimum atomic E-state index is 0.0192. The summed E-state index contributed by atoms with van der Waals surface area (Å²) in [7, 11) is 0. The van der Waals surface area contributed by atoms with Gasteiger partial charge in [-0.1, -0.05) is 41.9 Å². The lowest BCUT2D eigenvalue weighted by molar-refractivity contribution is 0.0858. The molecule has 1 aliphatic heterocycles. The Labute approximate surface area is 189 Å². The van der Waals surface area contributed by atoms with Crippen LogP contribution in [0.1, 0.15) is 48.2 Å². The Bertz CT molecular complexity index is 1000. The summed E-state index contributed by atoms with van der Waals surface area (Å²) >= 11 is 6.02. The van der Waals surface area contributed by atoms with Gasteiger partial charge in [0.1, 0.15) is 5.69 Å². The molecular formula is C26H30ClN3O. The van der Waals surface area contributed by atoms with Crippen molar-refractivity contribution in [3.05, 3.63) is 70.9 Å². The zero-order valence-electron chi connectivity index (χ0n) is 17.8. The number of H-pyrrole nitrogens is 1. The molecule has 0 bridgehead atoms. The number of rotatable bonds is 5. The zero-order valence-corrected chi connectivity index (χ0v) is 18.6. The maximum absolute atomic E-state index is 12.9. The van der Waals surface area contributed by atoms with Crippen molar-refractivity contribution in [3.8, 4) is 0 Å². The van der Waals surface area contributed by atoms with Crippen LogP contribution < -0.4 is 5.32 Å². The molecule has 2 fully saturated rings. The van der Waals surface area contributed by atoms with Crippen LogP contribution in [0.15, 0.2) is 54.6 Å². The minimum Gasteiger partial charge on any atom is -0.351 e. The van der Waals surface area contributed by atoms with Gasteiger partial charge < -0.3 is 10.3 Å². The van der Waals surface area contributed by atoms with Crippen LogP contribution in [0.4, 0.5) is 0 Å². The Hall–Kier alpha value is -2.30. The fourth-order valence-electron chi connectivity index (χ4n) is 5.43. The van der Waals surface area contributed by atoms with E-state index in [-0.39, 0.29) is 11.9 Å². The normalized spacial score (nSPS) is 22.7. The summed E-state index contributed by atoms with van der Waals surface area (Å²) in [6, 6.07) is 19.0. The summed E-state index contributed by atoms with van der Waals surface area (Å²) < 4.78 is 0. The Kier molecular flexibility index (Phi) is 6.02. The summed E-state index contributed by atoms with van der Waals surface area (Å²) in [5.41, 5.74) is 3.05. The summed E-state index contributed by atoms with van der Waals surface area (Å²) in [6.45, 7) is 2.25. The van der Waals surface area contributed by atoms with Gasteiger partial charge in [-0.3, -0.25) is 9.69 Å². The van der Waals surface area contributed by atoms with E-state index in [1.54, 1.807) is 0 Å². The van der Waals surface area contributed by atoms with Crippen LogP contribution in [0.5, 0.6) is 0 Å². The fourth-order valence-corrected chi connectivity index (χ4v) is 5.56. The molecule has 1 saturated heterocycles. The van der Waals surface area contributed by atoms with Crippen molar-refractivity contribution in [2.24, 2.45) is 5.92 Å². The van der Waals surface area contributed by atoms with Gasteiger partial charge in [0.25, 0.3) is 5.91 Å². The predicted octanol–water partition coefficient (Wildman–Crippen LogP) is 5.43. The first-order chi connectivity index (χ1) is 15.2. The van der Waals surface area contributed by atoms with Crippen molar-refractivity contribution < 1.29 is 4.79 Å². The molecule has 0 unspecified atom stereocenters. The molecule has 2 heterocycles. The molecule has 4 nitrogen and oxygen atoms in total. The van der Waals surface area contributed by atoms with Crippen LogP contribution in [-0.2, 0) is 6.42 Å². The van der Waals surface area contributed by atoms with E-state index >= 15 is 0 Å². The number of fused-ring (bicyclic) bond motifs is 1. The van der Waals surface area contributed by atoms with Crippen LogP contribution in [0.25, 0.3) is 10.9 Å². The number of hydrogen-bond acceptors (Lipinski definition) is 2. The van der Waals surface area contributed by atoms with E-state index in [9.17, 15) is 4.79 Å². The van der Waals surface area contributed by atoms with Crippen molar-refractivity contribution >= 4 is 28.4 Å². The molecule has 1 aliphatic carbocycles. The van der Waals surface area contributed by atoms with E-state index in [1.807, 2.05) is 42.5 Å². The molecule has 5 rings (SSSR count). The SMILES string of the molecule is O=C(N[C@@H]1CCC[C@H]1N1CCC(Cc2ccc(Cl)cc2)CC1)c1cc2ccccc2[nH]1. The highest BCUT2D eigenvalue weighted by molar-refractivity contribution is 6.30. The number of aromatic amines is 1. The number of carbonyl (C=O) groups is 1. The van der Waals surface area contributed by atoms with E-state index in [2.05, 4.69) is 27.3 Å². The van der Waals surface area contributed by atoms with Crippen molar-refractivity contribution in [3.63, 3.8) is 0 Å². The van der Waals surface area contributed by atoms with Crippen LogP contribution in [-0.4, -0.2) is 41.0 Å². The molecular weight excluding hydrogens is 406 g/mol. The number of likely N-dealkylation sites (tertiary alicyclic amines) is 1. The van der Waals surface area contributed by atoms with Gasteiger partial charge in [-0.15, -0.1) is 0 Å². The average Bonchev–Trinajstić information content (AvgIpc) is 3.43. The lowest BCUT2D eigenvalue weighted by Crippen LogP contribution is -2.51. The van der Waals surface area contributed by atoms with Crippen LogP contribution >= 0.6 is 11.6 Å². The third kappa shape index (κ3) is 4.65. The first kappa shape index (κ1) is 20.6. The van der Waals surface area contributed by atoms with Crippen molar-refractivity contribution in [1.29, 1.82) is 0 Å². The van der Waals surface area contributed by atoms with Gasteiger partial charge in [-0.05, 0) is 87.4 Å². The smallest absolute Gasteiger partial charge is 0.268 e. The second kappa shape index (κ2) is 9.05. The molecule has 2 aliphatic rings. The molecule has 0 spiro atoms. The third-order valence-electron chi connectivity index (χ3n) is 7.13. The van der Waals surface area contributed by atoms with Gasteiger partial charge in [0, 0.05) is 28.0 Å². The Morgan fingerprint density at radius 1 is 1.03 bits per heavy atom. The molecule has 0 radical (unpaired) electrons. The number of aromatic nitrogens is 1. The Balaban J connectivity index is 1.17. The Morgan fingerprint density at radius 2 is 1.81 bits per heavy atom. The first-order valence-corrected chi connectivity index (χ1v) is 11.9. The van der Waals surface area contributed by atoms with Gasteiger partial charge in [0.15, 0.2) is 0 Å². The standard InChI is InChI=1S/C26H30ClN3O/c27-21-10-8-18(9-11-21)16-19-12-14-30(15-13-19)25-7-3-6-23(25)29-26(31)24-17-20-4-1-2-5-22(20)28-24/h1-2,4-5,8-11,17,19,23,25,28H,3,6-7,12-16H2,(H,29,31)/t23-,25-/m1/s1. The number of para-hydroxylation sites is 1. The summed E-state index contributed by atoms with van der Waals surface area (Å²) in [6.07, 6.45) is 7.02. The number of carbonyl (C=O) groups excluding carboxylic acids is 1. The molecule has 5 heteroatoms. The van der Waals surface area contributed by atoms with Crippen LogP contribution in [0.2, 0.25) is 5.02 Å². The number of benzene rings is 2. The molecule has 3 aromatic rings. The average molecular weight is 436 g/mol. The Morgan fingerprint density at radius 3 is 2.58 bits per heavy atom. The van der Waals surface area contributed by atoms with Gasteiger partial charge in [0.05, 0.1) is 0 Å². The van der Waals surface area contributed by atoms with E-state index in [4.69, 9.17) is 11.6 Å². The quantitative estimate of drug-likeness (QED) is 0.561. The molecule has 1 aromatic heterocycles. The van der Waals surface area contributed by atoms with Crippen molar-refractivity contribution in [2.45, 2.75) is 50.6 Å². The predicted molar refractivity (Wildman–Crippen MR) is 127 cm³/mol. The monoisotopic (exact) mass is 435 g/mol. The second-order valence-corrected chi connectivity index (χ2v) is 9.59. The third-order valence-corrected chi connectivity index (χ3v) is 7.38. The van der Waals surface area contributed by atoms with Crippen LogP contribution in [0, 0.1) is 5.92 Å². The van der Waals surface area contributed by atoms with E-state index in [0.717, 1.165) is 47.8 Å². The highest BCUT2D eigenvalue weighted by atomic mass is 35.5. The topological polar surface area (TPSA) is 48.1 Å². The second-order valence-electron chi connectivity index (χ2n) is 9.16. The van der Waals surface area contributed by atoms with Crippen LogP contribution in [0.3, 0.4) is 0 Å². The van der Waals surface area contributed by atoms with Gasteiger partial charge in [-0.2, -0.15) is 0 Å². The van der Waals surface area contributed by atoms with Gasteiger partial charge in [0.2, 0.25) is 0 Å². The first-order valence-electron chi connectivity index (χ1n) is 11.5. The number of piperidine rings is 1. The van der Waals surface area contributed by atoms with E-state index in [1.165, 1.54) is 31.2 Å². The van der Waals surface area contributed by atoms with E-state index in [0.29, 0.717) is 11.7 Å². The maximum atomic E-state index is 12.9. The molecule has 1 amide bonds. The summed E-state index contributed by atoms with van der Waals surface area (Å²) in [5, 5.41) is 5.22. The lowest BCUT2D eigenvalue weighted by atomic mass is 9.89. The van der Waals surface area contributed by atoms with Crippen molar-refractivity contribution in [1.82, 2.24) is 15.2 Å². The van der Waals surface area contributed by atoms with Gasteiger partial charge in [-0.25, -0.2) is 0 Å². The number of halogens is 1. The number of nitrogens with zero attached hydrogens (tertiary/aromatic N) is 1. The minimum absolute atomic E-state index is 0.0192. The highest BCUT2D eigenvalue weighted by Crippen LogP contribution is 2.30. The number of hydrogen-bond donors (Lipinski definition) is 2. The largest absolute Gasteiger partial charge is 0.351 e. The molecule has 2 atom stereocenters. The molecule has 31 heavy (non-hydrogen) atoms. The van der Waals surface area contributed by atoms with Gasteiger partial charge >= 0.3 is 0 Å². The molecule has 162 valence electrons. The summed E-state index contributed by atoms with van der Waals surface area (Å²) in [4.78, 5) is 18.8. The maximum Gasteiger partial charge on any atom is 0.268 e. The fraction of sp³-hybridized carbons (Fsp3) is 0.423. The molecule has 1 saturated carbocycles. The van der Waals surface area contributed by atoms with Crippen molar-refractivity contribution in [2.75, 3.05) is 13.1 Å². The lowest BCUT2D eigenvalue weighted by Gasteiger charge is -2.38. The number of amides is 1. The zero-order chi connectivity index (χ0) is 21.2.